The SMILES string of the molecule is Cc1cccc(C)c1OC(=O)CN1CCOCC1.Cl. The second kappa shape index (κ2) is 7.48. The smallest absolute Gasteiger partial charge is 0.325 e. The van der Waals surface area contributed by atoms with Gasteiger partial charge >= 0.3 is 5.97 Å². The molecule has 0 aliphatic carbocycles. The van der Waals surface area contributed by atoms with Crippen LogP contribution in [0, 0.1) is 13.8 Å². The number of ether oxygens (including phenoxy) is 2. The van der Waals surface area contributed by atoms with Gasteiger partial charge in [0.15, 0.2) is 0 Å². The minimum atomic E-state index is -0.200. The number of aryl methyl sites for hydroxylation is 2. The molecule has 0 N–H and O–H groups in total. The highest BCUT2D eigenvalue weighted by Crippen LogP contribution is 2.22. The lowest BCUT2D eigenvalue weighted by atomic mass is 10.1. The Morgan fingerprint density at radius 1 is 1.26 bits per heavy atom. The molecule has 5 heteroatoms. The molecule has 0 atom stereocenters. The van der Waals surface area contributed by atoms with Crippen molar-refractivity contribution in [2.75, 3.05) is 32.8 Å². The van der Waals surface area contributed by atoms with Gasteiger partial charge in [-0.15, -0.1) is 12.4 Å². The Balaban J connectivity index is 0.00000180. The average molecular weight is 286 g/mol. The molecule has 1 aromatic rings. The van der Waals surface area contributed by atoms with Gasteiger partial charge in [0.1, 0.15) is 5.75 Å². The summed E-state index contributed by atoms with van der Waals surface area (Å²) in [6.45, 7) is 7.20. The molecule has 4 nitrogen and oxygen atoms in total. The van der Waals surface area contributed by atoms with Gasteiger partial charge in [0.05, 0.1) is 19.8 Å². The number of para-hydroxylation sites is 1. The fourth-order valence-corrected chi connectivity index (χ4v) is 2.05. The van der Waals surface area contributed by atoms with Crippen LogP contribution in [-0.4, -0.2) is 43.7 Å². The summed E-state index contributed by atoms with van der Waals surface area (Å²) >= 11 is 0. The lowest BCUT2D eigenvalue weighted by Crippen LogP contribution is -2.40. The Labute approximate surface area is 120 Å². The molecular formula is C14H20ClNO3. The van der Waals surface area contributed by atoms with Gasteiger partial charge < -0.3 is 9.47 Å². The van der Waals surface area contributed by atoms with Crippen molar-refractivity contribution in [1.29, 1.82) is 0 Å². The van der Waals surface area contributed by atoms with Gasteiger partial charge in [0.2, 0.25) is 0 Å². The molecule has 1 aliphatic rings. The van der Waals surface area contributed by atoms with Crippen LogP contribution in [0.25, 0.3) is 0 Å². The van der Waals surface area contributed by atoms with Crippen molar-refractivity contribution in [2.45, 2.75) is 13.8 Å². The minimum Gasteiger partial charge on any atom is -0.425 e. The maximum Gasteiger partial charge on any atom is 0.325 e. The molecule has 0 radical (unpaired) electrons. The predicted molar refractivity (Wildman–Crippen MR) is 76.1 cm³/mol. The van der Waals surface area contributed by atoms with Crippen LogP contribution in [0.3, 0.4) is 0 Å². The number of halogens is 1. The lowest BCUT2D eigenvalue weighted by Gasteiger charge is -2.25. The van der Waals surface area contributed by atoms with E-state index in [1.54, 1.807) is 0 Å². The Hall–Kier alpha value is -1.10. The first-order chi connectivity index (χ1) is 8.66. The van der Waals surface area contributed by atoms with Crippen LogP contribution in [0.1, 0.15) is 11.1 Å². The number of rotatable bonds is 3. The first kappa shape index (κ1) is 16.0. The van der Waals surface area contributed by atoms with E-state index in [4.69, 9.17) is 9.47 Å². The van der Waals surface area contributed by atoms with Crippen LogP contribution in [-0.2, 0) is 9.53 Å². The molecule has 1 aliphatic heterocycles. The summed E-state index contributed by atoms with van der Waals surface area (Å²) in [5, 5.41) is 0. The molecule has 106 valence electrons. The molecule has 1 heterocycles. The molecule has 0 saturated carbocycles. The monoisotopic (exact) mass is 285 g/mol. The van der Waals surface area contributed by atoms with E-state index in [0.717, 1.165) is 24.2 Å². The maximum atomic E-state index is 11.9. The fourth-order valence-electron chi connectivity index (χ4n) is 2.05. The molecule has 0 spiro atoms. The van der Waals surface area contributed by atoms with Crippen molar-refractivity contribution in [2.24, 2.45) is 0 Å². The van der Waals surface area contributed by atoms with E-state index in [9.17, 15) is 4.79 Å². The van der Waals surface area contributed by atoms with Crippen molar-refractivity contribution in [3.8, 4) is 5.75 Å². The third-order valence-corrected chi connectivity index (χ3v) is 3.08. The van der Waals surface area contributed by atoms with E-state index >= 15 is 0 Å². The number of hydrogen-bond donors (Lipinski definition) is 0. The number of esters is 1. The van der Waals surface area contributed by atoms with Crippen LogP contribution in [0.5, 0.6) is 5.75 Å². The largest absolute Gasteiger partial charge is 0.425 e. The molecule has 0 aromatic heterocycles. The molecule has 0 bridgehead atoms. The van der Waals surface area contributed by atoms with Crippen LogP contribution >= 0.6 is 12.4 Å². The highest BCUT2D eigenvalue weighted by atomic mass is 35.5. The Kier molecular flexibility index (Phi) is 6.28. The number of nitrogens with zero attached hydrogens (tertiary/aromatic N) is 1. The third kappa shape index (κ3) is 4.49. The lowest BCUT2D eigenvalue weighted by molar-refractivity contribution is -0.136. The van der Waals surface area contributed by atoms with Crippen molar-refractivity contribution in [3.63, 3.8) is 0 Å². The maximum absolute atomic E-state index is 11.9. The number of morpholine rings is 1. The van der Waals surface area contributed by atoms with E-state index in [0.29, 0.717) is 25.5 Å². The average Bonchev–Trinajstić information content (AvgIpc) is 2.35. The third-order valence-electron chi connectivity index (χ3n) is 3.08. The summed E-state index contributed by atoms with van der Waals surface area (Å²) in [6.07, 6.45) is 0. The first-order valence-electron chi connectivity index (χ1n) is 6.24. The van der Waals surface area contributed by atoms with Crippen LogP contribution in [0.2, 0.25) is 0 Å². The molecule has 1 fully saturated rings. The zero-order valence-corrected chi connectivity index (χ0v) is 12.2. The first-order valence-corrected chi connectivity index (χ1v) is 6.24. The Bertz CT molecular complexity index is 410. The van der Waals surface area contributed by atoms with Gasteiger partial charge in [0.25, 0.3) is 0 Å². The molecular weight excluding hydrogens is 266 g/mol. The van der Waals surface area contributed by atoms with E-state index in [1.165, 1.54) is 0 Å². The van der Waals surface area contributed by atoms with Crippen molar-refractivity contribution >= 4 is 18.4 Å². The summed E-state index contributed by atoms with van der Waals surface area (Å²) < 4.78 is 10.7. The van der Waals surface area contributed by atoms with E-state index in [-0.39, 0.29) is 18.4 Å². The van der Waals surface area contributed by atoms with Gasteiger partial charge in [-0.25, -0.2) is 0 Å². The fraction of sp³-hybridized carbons (Fsp3) is 0.500. The minimum absolute atomic E-state index is 0. The van der Waals surface area contributed by atoms with Gasteiger partial charge in [-0.05, 0) is 25.0 Å². The van der Waals surface area contributed by atoms with Gasteiger partial charge in [-0.1, -0.05) is 18.2 Å². The molecule has 0 unspecified atom stereocenters. The molecule has 19 heavy (non-hydrogen) atoms. The number of carbonyl (C=O) groups is 1. The van der Waals surface area contributed by atoms with Crippen LogP contribution in [0.15, 0.2) is 18.2 Å². The topological polar surface area (TPSA) is 38.8 Å². The number of benzene rings is 1. The van der Waals surface area contributed by atoms with E-state index in [2.05, 4.69) is 4.90 Å². The Morgan fingerprint density at radius 3 is 2.42 bits per heavy atom. The van der Waals surface area contributed by atoms with E-state index < -0.39 is 0 Å². The summed E-state index contributed by atoms with van der Waals surface area (Å²) in [5.74, 6) is 0.491. The highest BCUT2D eigenvalue weighted by Gasteiger charge is 2.16. The van der Waals surface area contributed by atoms with Gasteiger partial charge in [-0.3, -0.25) is 9.69 Å². The summed E-state index contributed by atoms with van der Waals surface area (Å²) in [4.78, 5) is 13.9. The normalized spacial score (nSPS) is 15.7. The van der Waals surface area contributed by atoms with Gasteiger partial charge in [0, 0.05) is 13.1 Å². The van der Waals surface area contributed by atoms with Crippen molar-refractivity contribution in [1.82, 2.24) is 4.90 Å². The summed E-state index contributed by atoms with van der Waals surface area (Å²) in [7, 11) is 0. The number of hydrogen-bond acceptors (Lipinski definition) is 4. The highest BCUT2D eigenvalue weighted by molar-refractivity contribution is 5.85. The van der Waals surface area contributed by atoms with E-state index in [1.807, 2.05) is 32.0 Å². The van der Waals surface area contributed by atoms with Crippen molar-refractivity contribution < 1.29 is 14.3 Å². The zero-order chi connectivity index (χ0) is 13.0. The molecule has 0 amide bonds. The predicted octanol–water partition coefficient (Wildman–Crippen LogP) is 1.96. The molecule has 2 rings (SSSR count). The second-order valence-electron chi connectivity index (χ2n) is 4.58. The van der Waals surface area contributed by atoms with Crippen LogP contribution < -0.4 is 4.74 Å². The number of carbonyl (C=O) groups excluding carboxylic acids is 1. The van der Waals surface area contributed by atoms with Gasteiger partial charge in [-0.2, -0.15) is 0 Å². The van der Waals surface area contributed by atoms with Crippen LogP contribution in [0.4, 0.5) is 0 Å². The molecule has 1 saturated heterocycles. The molecule has 1 aromatic carbocycles. The Morgan fingerprint density at radius 2 is 1.84 bits per heavy atom. The summed E-state index contributed by atoms with van der Waals surface area (Å²) in [5.41, 5.74) is 1.98. The summed E-state index contributed by atoms with van der Waals surface area (Å²) in [6, 6.07) is 5.86. The quantitative estimate of drug-likeness (QED) is 0.629. The standard InChI is InChI=1S/C14H19NO3.ClH/c1-11-4-3-5-12(2)14(11)18-13(16)10-15-6-8-17-9-7-15;/h3-5H,6-10H2,1-2H3;1H. The zero-order valence-electron chi connectivity index (χ0n) is 11.3. The van der Waals surface area contributed by atoms with Crippen molar-refractivity contribution in [3.05, 3.63) is 29.3 Å². The second-order valence-corrected chi connectivity index (χ2v) is 4.58.